The molecule has 0 spiro atoms. The number of rotatable bonds is 3. The number of esters is 1. The zero-order valence-corrected chi connectivity index (χ0v) is 8.93. The molecule has 4 nitrogen and oxygen atoms in total. The molecule has 2 rings (SSSR count). The van der Waals surface area contributed by atoms with Gasteiger partial charge in [0.05, 0.1) is 13.5 Å². The van der Waals surface area contributed by atoms with Crippen LogP contribution in [-0.4, -0.2) is 23.0 Å². The Labute approximate surface area is 93.0 Å². The van der Waals surface area contributed by atoms with Gasteiger partial charge in [0.15, 0.2) is 0 Å². The molecule has 0 bridgehead atoms. The second-order valence-electron chi connectivity index (χ2n) is 3.33. The molecule has 0 aromatic carbocycles. The summed E-state index contributed by atoms with van der Waals surface area (Å²) in [4.78, 5) is 18.2. The fourth-order valence-corrected chi connectivity index (χ4v) is 1.48. The van der Waals surface area contributed by atoms with Crippen LogP contribution < -0.4 is 0 Å². The Morgan fingerprint density at radius 2 is 2.50 bits per heavy atom. The molecule has 0 saturated heterocycles. The summed E-state index contributed by atoms with van der Waals surface area (Å²) in [5.41, 5.74) is 1.87. The summed E-state index contributed by atoms with van der Waals surface area (Å²) in [6.07, 6.45) is 7.55. The number of nitrogens with zero attached hydrogens (tertiary/aromatic N) is 1. The van der Waals surface area contributed by atoms with Crippen molar-refractivity contribution in [2.24, 2.45) is 0 Å². The number of hydrogen-bond acceptors (Lipinski definition) is 3. The number of carbonyl (C=O) groups is 1. The first-order valence-corrected chi connectivity index (χ1v) is 4.96. The van der Waals surface area contributed by atoms with E-state index >= 15 is 0 Å². The van der Waals surface area contributed by atoms with Gasteiger partial charge in [0.2, 0.25) is 0 Å². The molecule has 0 aliphatic rings. The average molecular weight is 216 g/mol. The van der Waals surface area contributed by atoms with Gasteiger partial charge in [-0.3, -0.25) is 4.79 Å². The highest BCUT2D eigenvalue weighted by Gasteiger charge is 2.00. The molecule has 82 valence electrons. The third kappa shape index (κ3) is 2.11. The third-order valence-electron chi connectivity index (χ3n) is 2.29. The standard InChI is InChI=1S/C12H12N2O2/c1-16-11(15)6-2-4-9-8-14-12-10(9)5-3-7-13-12/h2-5,7-8H,6H2,1H3,(H,13,14). The second-order valence-corrected chi connectivity index (χ2v) is 3.33. The normalized spacial score (nSPS) is 11.1. The number of pyridine rings is 1. The lowest BCUT2D eigenvalue weighted by Gasteiger charge is -1.92. The largest absolute Gasteiger partial charge is 0.469 e. The van der Waals surface area contributed by atoms with E-state index in [1.807, 2.05) is 24.4 Å². The molecule has 2 aromatic rings. The first kappa shape index (κ1) is 10.4. The average Bonchev–Trinajstić information content (AvgIpc) is 2.73. The molecular weight excluding hydrogens is 204 g/mol. The Kier molecular flexibility index (Phi) is 3.00. The van der Waals surface area contributed by atoms with E-state index in [-0.39, 0.29) is 12.4 Å². The van der Waals surface area contributed by atoms with Gasteiger partial charge in [-0.1, -0.05) is 12.2 Å². The molecule has 2 heterocycles. The molecule has 0 aliphatic carbocycles. The second kappa shape index (κ2) is 4.61. The summed E-state index contributed by atoms with van der Waals surface area (Å²) in [7, 11) is 1.38. The van der Waals surface area contributed by atoms with Gasteiger partial charge >= 0.3 is 5.97 Å². The smallest absolute Gasteiger partial charge is 0.309 e. The van der Waals surface area contributed by atoms with Crippen LogP contribution in [0.1, 0.15) is 12.0 Å². The third-order valence-corrected chi connectivity index (χ3v) is 2.29. The number of methoxy groups -OCH3 is 1. The van der Waals surface area contributed by atoms with Crippen LogP contribution in [0, 0.1) is 0 Å². The molecule has 1 N–H and O–H groups in total. The van der Waals surface area contributed by atoms with E-state index in [9.17, 15) is 4.79 Å². The van der Waals surface area contributed by atoms with Crippen LogP contribution in [0.3, 0.4) is 0 Å². The van der Waals surface area contributed by atoms with Crippen molar-refractivity contribution < 1.29 is 9.53 Å². The van der Waals surface area contributed by atoms with Crippen molar-refractivity contribution in [1.29, 1.82) is 0 Å². The van der Waals surface area contributed by atoms with Gasteiger partial charge in [0.25, 0.3) is 0 Å². The van der Waals surface area contributed by atoms with Gasteiger partial charge in [0, 0.05) is 23.3 Å². The van der Waals surface area contributed by atoms with Crippen LogP contribution in [0.5, 0.6) is 0 Å². The minimum Gasteiger partial charge on any atom is -0.469 e. The van der Waals surface area contributed by atoms with E-state index in [0.717, 1.165) is 16.6 Å². The van der Waals surface area contributed by atoms with Crippen molar-refractivity contribution in [1.82, 2.24) is 9.97 Å². The number of carbonyl (C=O) groups excluding carboxylic acids is 1. The summed E-state index contributed by atoms with van der Waals surface area (Å²) in [5, 5.41) is 1.05. The summed E-state index contributed by atoms with van der Waals surface area (Å²) in [5.74, 6) is -0.241. The fourth-order valence-electron chi connectivity index (χ4n) is 1.48. The molecule has 0 radical (unpaired) electrons. The molecule has 4 heteroatoms. The minimum atomic E-state index is -0.241. The van der Waals surface area contributed by atoms with E-state index in [1.54, 1.807) is 12.3 Å². The lowest BCUT2D eigenvalue weighted by molar-refractivity contribution is -0.139. The van der Waals surface area contributed by atoms with E-state index in [0.29, 0.717) is 0 Å². The maximum absolute atomic E-state index is 10.9. The van der Waals surface area contributed by atoms with Crippen molar-refractivity contribution in [2.45, 2.75) is 6.42 Å². The Bertz CT molecular complexity index is 529. The molecule has 0 aliphatic heterocycles. The number of ether oxygens (including phenoxy) is 1. The highest BCUT2D eigenvalue weighted by Crippen LogP contribution is 2.16. The monoisotopic (exact) mass is 216 g/mol. The van der Waals surface area contributed by atoms with Crippen molar-refractivity contribution >= 4 is 23.1 Å². The highest BCUT2D eigenvalue weighted by atomic mass is 16.5. The van der Waals surface area contributed by atoms with Gasteiger partial charge in [-0.15, -0.1) is 0 Å². The predicted molar refractivity (Wildman–Crippen MR) is 61.8 cm³/mol. The van der Waals surface area contributed by atoms with Crippen molar-refractivity contribution in [2.75, 3.05) is 7.11 Å². The molecule has 16 heavy (non-hydrogen) atoms. The molecule has 0 atom stereocenters. The molecule has 0 fully saturated rings. The van der Waals surface area contributed by atoms with Crippen LogP contribution >= 0.6 is 0 Å². The zero-order chi connectivity index (χ0) is 11.4. The van der Waals surface area contributed by atoms with Crippen molar-refractivity contribution in [3.63, 3.8) is 0 Å². The summed E-state index contributed by atoms with van der Waals surface area (Å²) in [6, 6.07) is 3.87. The highest BCUT2D eigenvalue weighted by molar-refractivity contribution is 5.86. The van der Waals surface area contributed by atoms with Crippen LogP contribution in [0.25, 0.3) is 17.1 Å². The molecule has 0 unspecified atom stereocenters. The number of fused-ring (bicyclic) bond motifs is 1. The number of nitrogens with one attached hydrogen (secondary N) is 1. The zero-order valence-electron chi connectivity index (χ0n) is 8.93. The summed E-state index contributed by atoms with van der Waals surface area (Å²) < 4.78 is 4.55. The fraction of sp³-hybridized carbons (Fsp3) is 0.167. The number of aromatic amines is 1. The summed E-state index contributed by atoms with van der Waals surface area (Å²) in [6.45, 7) is 0. The lowest BCUT2D eigenvalue weighted by atomic mass is 10.2. The molecule has 2 aromatic heterocycles. The van der Waals surface area contributed by atoms with Gasteiger partial charge in [-0.2, -0.15) is 0 Å². The minimum absolute atomic E-state index is 0.241. The number of aromatic nitrogens is 2. The summed E-state index contributed by atoms with van der Waals surface area (Å²) >= 11 is 0. The maximum atomic E-state index is 10.9. The number of H-pyrrole nitrogens is 1. The Morgan fingerprint density at radius 3 is 3.31 bits per heavy atom. The number of hydrogen-bond donors (Lipinski definition) is 1. The van der Waals surface area contributed by atoms with E-state index in [2.05, 4.69) is 14.7 Å². The van der Waals surface area contributed by atoms with Gasteiger partial charge < -0.3 is 9.72 Å². The topological polar surface area (TPSA) is 55.0 Å². The van der Waals surface area contributed by atoms with Crippen LogP contribution in [0.2, 0.25) is 0 Å². The lowest BCUT2D eigenvalue weighted by Crippen LogP contribution is -1.96. The molecule has 0 amide bonds. The van der Waals surface area contributed by atoms with E-state index in [4.69, 9.17) is 0 Å². The van der Waals surface area contributed by atoms with E-state index in [1.165, 1.54) is 7.11 Å². The van der Waals surface area contributed by atoms with Gasteiger partial charge in [-0.25, -0.2) is 4.98 Å². The first-order chi connectivity index (χ1) is 7.81. The molecular formula is C12H12N2O2. The quantitative estimate of drug-likeness (QED) is 0.800. The van der Waals surface area contributed by atoms with Gasteiger partial charge in [-0.05, 0) is 12.1 Å². The van der Waals surface area contributed by atoms with Crippen LogP contribution in [0.15, 0.2) is 30.6 Å². The van der Waals surface area contributed by atoms with E-state index < -0.39 is 0 Å². The SMILES string of the molecule is COC(=O)CC=Cc1c[nH]c2ncccc12. The molecule has 0 saturated carbocycles. The Balaban J connectivity index is 2.18. The Morgan fingerprint density at radius 1 is 1.62 bits per heavy atom. The predicted octanol–water partition coefficient (Wildman–Crippen LogP) is 2.14. The maximum Gasteiger partial charge on any atom is 0.309 e. The first-order valence-electron chi connectivity index (χ1n) is 4.96. The van der Waals surface area contributed by atoms with Crippen molar-refractivity contribution in [3.8, 4) is 0 Å². The van der Waals surface area contributed by atoms with Crippen LogP contribution in [0.4, 0.5) is 0 Å². The Hall–Kier alpha value is -2.10. The van der Waals surface area contributed by atoms with Crippen LogP contribution in [-0.2, 0) is 9.53 Å². The van der Waals surface area contributed by atoms with Gasteiger partial charge in [0.1, 0.15) is 5.65 Å². The van der Waals surface area contributed by atoms with Crippen molar-refractivity contribution in [3.05, 3.63) is 36.2 Å².